The minimum absolute atomic E-state index is 0.00961. The van der Waals surface area contributed by atoms with Gasteiger partial charge in [0.1, 0.15) is 17.5 Å². The number of anilines is 3. The van der Waals surface area contributed by atoms with Gasteiger partial charge in [0.2, 0.25) is 0 Å². The summed E-state index contributed by atoms with van der Waals surface area (Å²) >= 11 is 0. The van der Waals surface area contributed by atoms with E-state index in [1.807, 2.05) is 6.07 Å². The lowest BCUT2D eigenvalue weighted by Gasteiger charge is -2.28. The van der Waals surface area contributed by atoms with E-state index in [1.54, 1.807) is 27.7 Å². The summed E-state index contributed by atoms with van der Waals surface area (Å²) in [6.45, 7) is 8.53. The van der Waals surface area contributed by atoms with E-state index >= 15 is 0 Å². The number of hydrogen-bond donors (Lipinski definition) is 3. The Balaban J connectivity index is 2.27. The molecular formula is C22H28F2N6O3. The Morgan fingerprint density at radius 2 is 1.94 bits per heavy atom. The second kappa shape index (κ2) is 10.9. The fraction of sp³-hybridized carbons (Fsp3) is 0.455. The third-order valence-electron chi connectivity index (χ3n) is 4.40. The molecule has 0 aromatic carbocycles. The van der Waals surface area contributed by atoms with Gasteiger partial charge in [0, 0.05) is 13.2 Å². The zero-order valence-electron chi connectivity index (χ0n) is 19.4. The molecule has 0 radical (unpaired) electrons. The summed E-state index contributed by atoms with van der Waals surface area (Å²) in [6, 6.07) is 2.92. The van der Waals surface area contributed by atoms with Crippen LogP contribution in [-0.2, 0) is 9.47 Å². The summed E-state index contributed by atoms with van der Waals surface area (Å²) in [5.74, 6) is -1.50. The van der Waals surface area contributed by atoms with Crippen LogP contribution in [0.1, 0.15) is 39.0 Å². The largest absolute Gasteiger partial charge is 0.444 e. The number of rotatable bonds is 8. The van der Waals surface area contributed by atoms with E-state index < -0.39 is 35.4 Å². The number of hydrogen-bond acceptors (Lipinski definition) is 8. The maximum atomic E-state index is 14.7. The second-order valence-electron chi connectivity index (χ2n) is 8.38. The second-order valence-corrected chi connectivity index (χ2v) is 8.38. The van der Waals surface area contributed by atoms with E-state index in [9.17, 15) is 18.8 Å². The minimum Gasteiger partial charge on any atom is -0.444 e. The maximum Gasteiger partial charge on any atom is 0.407 e. The molecule has 11 heteroatoms. The van der Waals surface area contributed by atoms with Crippen LogP contribution < -0.4 is 16.0 Å². The Morgan fingerprint density at radius 1 is 1.24 bits per heavy atom. The van der Waals surface area contributed by atoms with Crippen molar-refractivity contribution in [2.45, 2.75) is 52.3 Å². The molecule has 0 saturated heterocycles. The number of amides is 1. The van der Waals surface area contributed by atoms with Gasteiger partial charge in [-0.15, -0.1) is 0 Å². The van der Waals surface area contributed by atoms with Gasteiger partial charge in [0.25, 0.3) is 0 Å². The van der Waals surface area contributed by atoms with Crippen molar-refractivity contribution in [3.8, 4) is 6.07 Å². The highest BCUT2D eigenvalue weighted by atomic mass is 19.1. The predicted molar refractivity (Wildman–Crippen MR) is 119 cm³/mol. The molecule has 33 heavy (non-hydrogen) atoms. The molecule has 0 unspecified atom stereocenters. The van der Waals surface area contributed by atoms with E-state index in [-0.39, 0.29) is 35.2 Å². The number of nitrogens with one attached hydrogen (secondary N) is 3. The van der Waals surface area contributed by atoms with Crippen molar-refractivity contribution >= 4 is 23.4 Å². The van der Waals surface area contributed by atoms with Crippen LogP contribution in [0, 0.1) is 29.9 Å². The number of alkyl carbamates (subject to hydrolysis) is 1. The monoisotopic (exact) mass is 462 g/mol. The van der Waals surface area contributed by atoms with Gasteiger partial charge in [-0.2, -0.15) is 5.26 Å². The van der Waals surface area contributed by atoms with E-state index in [0.29, 0.717) is 0 Å². The molecular weight excluding hydrogens is 434 g/mol. The van der Waals surface area contributed by atoms with Crippen molar-refractivity contribution in [1.29, 1.82) is 5.26 Å². The zero-order chi connectivity index (χ0) is 24.8. The first-order valence-electron chi connectivity index (χ1n) is 10.2. The summed E-state index contributed by atoms with van der Waals surface area (Å²) < 4.78 is 39.0. The first-order chi connectivity index (χ1) is 15.4. The Labute approximate surface area is 191 Å². The molecule has 0 aliphatic carbocycles. The van der Waals surface area contributed by atoms with E-state index in [0.717, 1.165) is 6.07 Å². The lowest BCUT2D eigenvalue weighted by atomic mass is 10.1. The number of carbonyl (C=O) groups excluding carboxylic acids is 1. The number of aryl methyl sites for hydroxylation is 1. The maximum absolute atomic E-state index is 14.7. The lowest BCUT2D eigenvalue weighted by Crippen LogP contribution is -2.48. The highest BCUT2D eigenvalue weighted by Gasteiger charge is 2.25. The van der Waals surface area contributed by atoms with Crippen LogP contribution in [0.25, 0.3) is 0 Å². The normalized spacial score (nSPS) is 12.9. The summed E-state index contributed by atoms with van der Waals surface area (Å²) in [7, 11) is 1.46. The van der Waals surface area contributed by atoms with Crippen LogP contribution in [0.15, 0.2) is 18.3 Å². The Hall–Kier alpha value is -3.52. The number of aromatic nitrogens is 2. The van der Waals surface area contributed by atoms with Gasteiger partial charge in [0.15, 0.2) is 17.5 Å². The van der Waals surface area contributed by atoms with Gasteiger partial charge >= 0.3 is 6.09 Å². The van der Waals surface area contributed by atoms with Crippen LogP contribution in [0.4, 0.5) is 30.9 Å². The summed E-state index contributed by atoms with van der Waals surface area (Å²) in [6.07, 6.45) is 0.737. The van der Waals surface area contributed by atoms with E-state index in [1.165, 1.54) is 26.3 Å². The number of nitriles is 1. The molecule has 2 rings (SSSR count). The summed E-state index contributed by atoms with van der Waals surface area (Å²) in [5.41, 5.74) is -0.306. The van der Waals surface area contributed by atoms with Crippen molar-refractivity contribution in [2.24, 2.45) is 0 Å². The Morgan fingerprint density at radius 3 is 2.52 bits per heavy atom. The topological polar surface area (TPSA) is 121 Å². The first kappa shape index (κ1) is 25.7. The highest BCUT2D eigenvalue weighted by Crippen LogP contribution is 2.24. The van der Waals surface area contributed by atoms with Crippen LogP contribution in [0.5, 0.6) is 0 Å². The van der Waals surface area contributed by atoms with Gasteiger partial charge in [-0.25, -0.2) is 18.6 Å². The number of pyridine rings is 2. The van der Waals surface area contributed by atoms with Crippen molar-refractivity contribution in [3.05, 3.63) is 41.2 Å². The SMILES string of the molecule is COC[C@@H](Nc1nc(Nc2cnc(C)c(F)c2)c(C#N)cc1F)[C@H](C)NC(=O)OC(C)(C)C. The van der Waals surface area contributed by atoms with Gasteiger partial charge < -0.3 is 25.4 Å². The molecule has 2 aromatic rings. The smallest absolute Gasteiger partial charge is 0.407 e. The molecule has 0 spiro atoms. The average Bonchev–Trinajstić information content (AvgIpc) is 2.70. The molecule has 2 aromatic heterocycles. The van der Waals surface area contributed by atoms with Crippen molar-refractivity contribution in [2.75, 3.05) is 24.4 Å². The lowest BCUT2D eigenvalue weighted by molar-refractivity contribution is 0.0493. The number of methoxy groups -OCH3 is 1. The first-order valence-corrected chi connectivity index (χ1v) is 10.2. The number of halogens is 2. The average molecular weight is 463 g/mol. The standard InChI is InChI=1S/C22H28F2N6O3/c1-12-16(23)8-15(10-26-12)28-19-14(9-25)7-17(24)20(30-19)29-18(11-32-6)13(2)27-21(31)33-22(3,4)5/h7-8,10,13,18H,11H2,1-6H3,(H,27,31)(H2,28,29,30)/t13-,18+/m0/s1. The molecule has 1 amide bonds. The molecule has 0 fully saturated rings. The van der Waals surface area contributed by atoms with Crippen molar-refractivity contribution in [1.82, 2.24) is 15.3 Å². The molecule has 0 bridgehead atoms. The van der Waals surface area contributed by atoms with Crippen LogP contribution in [0.3, 0.4) is 0 Å². The minimum atomic E-state index is -0.782. The molecule has 2 atom stereocenters. The molecule has 2 heterocycles. The number of nitrogens with zero attached hydrogens (tertiary/aromatic N) is 3. The predicted octanol–water partition coefficient (Wildman–Crippen LogP) is 4.02. The number of carbonyl (C=O) groups is 1. The summed E-state index contributed by atoms with van der Waals surface area (Å²) in [5, 5.41) is 17.7. The summed E-state index contributed by atoms with van der Waals surface area (Å²) in [4.78, 5) is 20.2. The molecule has 9 nitrogen and oxygen atoms in total. The Kier molecular flexibility index (Phi) is 8.48. The number of ether oxygens (including phenoxy) is 2. The van der Waals surface area contributed by atoms with Gasteiger partial charge in [0.05, 0.1) is 41.8 Å². The molecule has 3 N–H and O–H groups in total. The van der Waals surface area contributed by atoms with Crippen LogP contribution in [-0.4, -0.2) is 47.5 Å². The molecule has 178 valence electrons. The fourth-order valence-corrected chi connectivity index (χ4v) is 2.74. The van der Waals surface area contributed by atoms with Crippen LogP contribution in [0.2, 0.25) is 0 Å². The van der Waals surface area contributed by atoms with E-state index in [2.05, 4.69) is 25.9 Å². The quantitative estimate of drug-likeness (QED) is 0.538. The molecule has 0 aliphatic rings. The van der Waals surface area contributed by atoms with Gasteiger partial charge in [-0.1, -0.05) is 0 Å². The molecule has 0 aliphatic heterocycles. The fourth-order valence-electron chi connectivity index (χ4n) is 2.74. The van der Waals surface area contributed by atoms with Crippen molar-refractivity contribution in [3.63, 3.8) is 0 Å². The third-order valence-corrected chi connectivity index (χ3v) is 4.40. The highest BCUT2D eigenvalue weighted by molar-refractivity contribution is 5.68. The Bertz CT molecular complexity index is 1040. The van der Waals surface area contributed by atoms with Gasteiger partial charge in [-0.05, 0) is 40.7 Å². The van der Waals surface area contributed by atoms with Crippen LogP contribution >= 0.6 is 0 Å². The van der Waals surface area contributed by atoms with E-state index in [4.69, 9.17) is 9.47 Å². The molecule has 0 saturated carbocycles. The van der Waals surface area contributed by atoms with Gasteiger partial charge in [-0.3, -0.25) is 4.98 Å². The van der Waals surface area contributed by atoms with Crippen molar-refractivity contribution < 1.29 is 23.0 Å². The zero-order valence-corrected chi connectivity index (χ0v) is 19.4. The third kappa shape index (κ3) is 7.54.